The summed E-state index contributed by atoms with van der Waals surface area (Å²) in [6, 6.07) is 4.30. The summed E-state index contributed by atoms with van der Waals surface area (Å²) >= 11 is 9.18. The maximum absolute atomic E-state index is 5.79. The van der Waals surface area contributed by atoms with E-state index in [0.29, 0.717) is 5.15 Å². The van der Waals surface area contributed by atoms with Crippen LogP contribution in [0, 0.1) is 6.92 Å². The molecule has 2 nitrogen and oxygen atoms in total. The summed E-state index contributed by atoms with van der Waals surface area (Å²) < 4.78 is 0. The lowest BCUT2D eigenvalue weighted by molar-refractivity contribution is 0.931. The van der Waals surface area contributed by atoms with Crippen LogP contribution < -0.4 is 4.90 Å². The van der Waals surface area contributed by atoms with Crippen molar-refractivity contribution < 1.29 is 0 Å². The molecule has 0 aliphatic carbocycles. The zero-order valence-corrected chi connectivity index (χ0v) is 10.9. The Morgan fingerprint density at radius 3 is 2.80 bits per heavy atom. The molecule has 2 aromatic rings. The molecule has 80 valence electrons. The quantitative estimate of drug-likeness (QED) is 0.833. The first-order valence-corrected chi connectivity index (χ1v) is 6.60. The minimum Gasteiger partial charge on any atom is -0.346 e. The molecule has 0 aliphatic rings. The maximum atomic E-state index is 5.79. The van der Waals surface area contributed by atoms with E-state index in [1.54, 1.807) is 11.3 Å². The molecule has 0 atom stereocenters. The largest absolute Gasteiger partial charge is 0.346 e. The van der Waals surface area contributed by atoms with E-state index < -0.39 is 0 Å². The predicted molar refractivity (Wildman–Crippen MR) is 68.3 cm³/mol. The van der Waals surface area contributed by atoms with Crippen LogP contribution in [0.3, 0.4) is 0 Å². The van der Waals surface area contributed by atoms with Gasteiger partial charge in [-0.15, -0.1) is 22.7 Å². The number of thiazole rings is 1. The van der Waals surface area contributed by atoms with Crippen LogP contribution in [0.25, 0.3) is 0 Å². The van der Waals surface area contributed by atoms with Crippen molar-refractivity contribution in [3.8, 4) is 0 Å². The summed E-state index contributed by atoms with van der Waals surface area (Å²) in [5, 5.41) is 3.39. The van der Waals surface area contributed by atoms with E-state index in [4.69, 9.17) is 11.6 Å². The Bertz CT molecular complexity index is 450. The summed E-state index contributed by atoms with van der Waals surface area (Å²) in [6.07, 6.45) is 0. The van der Waals surface area contributed by atoms with Gasteiger partial charge in [-0.2, -0.15) is 0 Å². The van der Waals surface area contributed by atoms with E-state index in [2.05, 4.69) is 28.9 Å². The van der Waals surface area contributed by atoms with Crippen LogP contribution >= 0.6 is 34.3 Å². The molecule has 5 heteroatoms. The number of thiophene rings is 1. The molecule has 2 heterocycles. The van der Waals surface area contributed by atoms with Gasteiger partial charge in [0.2, 0.25) is 0 Å². The van der Waals surface area contributed by atoms with E-state index in [9.17, 15) is 0 Å². The van der Waals surface area contributed by atoms with Gasteiger partial charge >= 0.3 is 0 Å². The Morgan fingerprint density at radius 1 is 1.47 bits per heavy atom. The lowest BCUT2D eigenvalue weighted by atomic mass is 10.4. The predicted octanol–water partition coefficient (Wildman–Crippen LogP) is 3.80. The van der Waals surface area contributed by atoms with Crippen LogP contribution in [0.2, 0.25) is 5.15 Å². The summed E-state index contributed by atoms with van der Waals surface area (Å²) in [6.45, 7) is 3.01. The van der Waals surface area contributed by atoms with Crippen molar-refractivity contribution in [3.05, 3.63) is 32.4 Å². The minimum atomic E-state index is 0.573. The van der Waals surface area contributed by atoms with E-state index in [1.807, 2.05) is 23.8 Å². The van der Waals surface area contributed by atoms with E-state index in [1.165, 1.54) is 9.75 Å². The van der Waals surface area contributed by atoms with Crippen LogP contribution in [0.1, 0.15) is 9.75 Å². The second kappa shape index (κ2) is 4.51. The molecule has 2 aromatic heterocycles. The summed E-state index contributed by atoms with van der Waals surface area (Å²) in [7, 11) is 2.03. The van der Waals surface area contributed by atoms with Crippen LogP contribution in [-0.2, 0) is 6.54 Å². The summed E-state index contributed by atoms with van der Waals surface area (Å²) in [5.41, 5.74) is 0. The van der Waals surface area contributed by atoms with Crippen LogP contribution in [0.4, 0.5) is 5.13 Å². The number of aromatic nitrogens is 1. The van der Waals surface area contributed by atoms with Gasteiger partial charge < -0.3 is 4.90 Å². The smallest absolute Gasteiger partial charge is 0.186 e. The van der Waals surface area contributed by atoms with Gasteiger partial charge in [0.1, 0.15) is 5.15 Å². The molecule has 0 aromatic carbocycles. The molecular formula is C10H11ClN2S2. The zero-order chi connectivity index (χ0) is 10.8. The molecule has 0 N–H and O–H groups in total. The van der Waals surface area contributed by atoms with Crippen molar-refractivity contribution >= 4 is 39.4 Å². The molecule has 0 saturated carbocycles. The second-order valence-corrected chi connectivity index (χ2v) is 5.92. The number of rotatable bonds is 3. The van der Waals surface area contributed by atoms with Gasteiger partial charge in [-0.3, -0.25) is 0 Å². The molecule has 0 fully saturated rings. The molecule has 15 heavy (non-hydrogen) atoms. The van der Waals surface area contributed by atoms with Gasteiger partial charge in [0.05, 0.1) is 6.54 Å². The SMILES string of the molecule is Cc1ccc(CN(C)c2nc(Cl)cs2)s1. The van der Waals surface area contributed by atoms with Gasteiger partial charge in [0.15, 0.2) is 5.13 Å². The minimum absolute atomic E-state index is 0.573. The fourth-order valence-electron chi connectivity index (χ4n) is 1.29. The zero-order valence-electron chi connectivity index (χ0n) is 8.53. The topological polar surface area (TPSA) is 16.1 Å². The summed E-state index contributed by atoms with van der Waals surface area (Å²) in [5.74, 6) is 0. The molecular weight excluding hydrogens is 248 g/mol. The van der Waals surface area contributed by atoms with Crippen molar-refractivity contribution in [1.29, 1.82) is 0 Å². The lowest BCUT2D eigenvalue weighted by Crippen LogP contribution is -2.14. The Hall–Kier alpha value is -0.580. The van der Waals surface area contributed by atoms with E-state index in [-0.39, 0.29) is 0 Å². The van der Waals surface area contributed by atoms with Gasteiger partial charge in [0, 0.05) is 22.2 Å². The number of aryl methyl sites for hydroxylation is 1. The molecule has 0 spiro atoms. The van der Waals surface area contributed by atoms with Crippen LogP contribution in [-0.4, -0.2) is 12.0 Å². The Balaban J connectivity index is 2.06. The first kappa shape index (κ1) is 10.9. The van der Waals surface area contributed by atoms with Crippen molar-refractivity contribution in [1.82, 2.24) is 4.98 Å². The Kier molecular flexibility index (Phi) is 3.29. The van der Waals surface area contributed by atoms with Crippen LogP contribution in [0.15, 0.2) is 17.5 Å². The van der Waals surface area contributed by atoms with Crippen molar-refractivity contribution in [2.75, 3.05) is 11.9 Å². The third-order valence-electron chi connectivity index (χ3n) is 1.98. The van der Waals surface area contributed by atoms with Crippen LogP contribution in [0.5, 0.6) is 0 Å². The molecule has 0 saturated heterocycles. The highest BCUT2D eigenvalue weighted by atomic mass is 35.5. The highest BCUT2D eigenvalue weighted by Crippen LogP contribution is 2.25. The number of anilines is 1. The Labute approximate surface area is 102 Å². The van der Waals surface area contributed by atoms with Crippen molar-refractivity contribution in [2.24, 2.45) is 0 Å². The number of halogens is 1. The highest BCUT2D eigenvalue weighted by Gasteiger charge is 2.07. The number of hydrogen-bond acceptors (Lipinski definition) is 4. The van der Waals surface area contributed by atoms with Gasteiger partial charge in [-0.05, 0) is 19.1 Å². The van der Waals surface area contributed by atoms with E-state index in [0.717, 1.165) is 11.7 Å². The third kappa shape index (κ3) is 2.71. The lowest BCUT2D eigenvalue weighted by Gasteiger charge is -2.13. The third-order valence-corrected chi connectivity index (χ3v) is 4.24. The summed E-state index contributed by atoms with van der Waals surface area (Å²) in [4.78, 5) is 9.03. The molecule has 0 aliphatic heterocycles. The fourth-order valence-corrected chi connectivity index (χ4v) is 3.15. The first-order chi connectivity index (χ1) is 7.15. The Morgan fingerprint density at radius 2 is 2.27 bits per heavy atom. The average molecular weight is 259 g/mol. The molecule has 0 radical (unpaired) electrons. The number of nitrogens with zero attached hydrogens (tertiary/aromatic N) is 2. The molecule has 0 amide bonds. The van der Waals surface area contributed by atoms with Gasteiger partial charge in [-0.1, -0.05) is 11.6 Å². The highest BCUT2D eigenvalue weighted by molar-refractivity contribution is 7.14. The van der Waals surface area contributed by atoms with Gasteiger partial charge in [-0.25, -0.2) is 4.98 Å². The normalized spacial score (nSPS) is 10.6. The van der Waals surface area contributed by atoms with E-state index >= 15 is 0 Å². The maximum Gasteiger partial charge on any atom is 0.186 e. The molecule has 0 unspecified atom stereocenters. The molecule has 0 bridgehead atoms. The monoisotopic (exact) mass is 258 g/mol. The standard InChI is InChI=1S/C10H11ClN2S2/c1-7-3-4-8(15-7)5-13(2)10-12-9(11)6-14-10/h3-4,6H,5H2,1-2H3. The molecule has 2 rings (SSSR count). The van der Waals surface area contributed by atoms with Gasteiger partial charge in [0.25, 0.3) is 0 Å². The first-order valence-electron chi connectivity index (χ1n) is 4.52. The van der Waals surface area contributed by atoms with Crippen molar-refractivity contribution in [3.63, 3.8) is 0 Å². The average Bonchev–Trinajstić information content (AvgIpc) is 2.75. The second-order valence-electron chi connectivity index (χ2n) is 3.32. The fraction of sp³-hybridized carbons (Fsp3) is 0.300. The van der Waals surface area contributed by atoms with Crippen molar-refractivity contribution in [2.45, 2.75) is 13.5 Å². The number of hydrogen-bond donors (Lipinski definition) is 0.